The van der Waals surface area contributed by atoms with E-state index in [1.807, 2.05) is 0 Å². The van der Waals surface area contributed by atoms with Crippen LogP contribution in [0.4, 0.5) is 0 Å². The van der Waals surface area contributed by atoms with E-state index in [2.05, 4.69) is 63.4 Å². The van der Waals surface area contributed by atoms with Crippen molar-refractivity contribution in [2.24, 2.45) is 5.41 Å². The molecule has 0 fully saturated rings. The second kappa shape index (κ2) is 10.2. The standard InChI is InChI=1S/C14H36N3O.3BrH/c1-15(2,3)10-14(13-18,11-16(4,5)6)12-17(7,8)9;;;/h18H,10-13H2,1-9H3;3*1H/q+3;;;/p-3. The molecule has 0 amide bonds. The summed E-state index contributed by atoms with van der Waals surface area (Å²) in [5, 5.41) is 10.0. The van der Waals surface area contributed by atoms with Gasteiger partial charge in [-0.25, -0.2) is 0 Å². The number of halogens is 3. The zero-order chi connectivity index (χ0) is 14.8. The van der Waals surface area contributed by atoms with Gasteiger partial charge in [0.05, 0.1) is 89.7 Å². The number of hydrogen-bond acceptors (Lipinski definition) is 1. The van der Waals surface area contributed by atoms with Crippen molar-refractivity contribution in [3.8, 4) is 0 Å². The first-order valence-corrected chi connectivity index (χ1v) is 6.70. The summed E-state index contributed by atoms with van der Waals surface area (Å²) in [4.78, 5) is 0. The highest BCUT2D eigenvalue weighted by Gasteiger charge is 2.44. The fourth-order valence-corrected chi connectivity index (χ4v) is 3.32. The molecular formula is C14H36Br3N3O. The van der Waals surface area contributed by atoms with Crippen molar-refractivity contribution in [1.29, 1.82) is 0 Å². The van der Waals surface area contributed by atoms with Gasteiger partial charge in [0.25, 0.3) is 0 Å². The molecule has 21 heavy (non-hydrogen) atoms. The number of quaternary nitrogens is 3. The Bertz CT molecular complexity index is 227. The average Bonchev–Trinajstić information content (AvgIpc) is 1.93. The molecule has 0 spiro atoms. The Morgan fingerprint density at radius 1 is 0.571 bits per heavy atom. The van der Waals surface area contributed by atoms with E-state index < -0.39 is 0 Å². The molecule has 0 aromatic heterocycles. The van der Waals surface area contributed by atoms with E-state index in [0.717, 1.165) is 33.1 Å². The van der Waals surface area contributed by atoms with Crippen molar-refractivity contribution in [2.45, 2.75) is 0 Å². The molecule has 4 nitrogen and oxygen atoms in total. The molecule has 7 heteroatoms. The van der Waals surface area contributed by atoms with Crippen molar-refractivity contribution < 1.29 is 69.5 Å². The lowest BCUT2D eigenvalue weighted by Crippen LogP contribution is -3.00. The lowest BCUT2D eigenvalue weighted by molar-refractivity contribution is -0.926. The molecule has 0 aromatic rings. The maximum absolute atomic E-state index is 10.0. The molecule has 1 N–H and O–H groups in total. The van der Waals surface area contributed by atoms with Gasteiger partial charge in [-0.2, -0.15) is 0 Å². The lowest BCUT2D eigenvalue weighted by Gasteiger charge is -2.44. The minimum Gasteiger partial charge on any atom is -1.00 e. The van der Waals surface area contributed by atoms with Crippen LogP contribution in [0.5, 0.6) is 0 Å². The Balaban J connectivity index is -0.000000482. The predicted molar refractivity (Wildman–Crippen MR) is 78.2 cm³/mol. The van der Waals surface area contributed by atoms with Crippen LogP contribution in [0.25, 0.3) is 0 Å². The van der Waals surface area contributed by atoms with Gasteiger partial charge < -0.3 is 69.5 Å². The summed E-state index contributed by atoms with van der Waals surface area (Å²) in [6, 6.07) is 0. The zero-order valence-corrected chi connectivity index (χ0v) is 20.0. The van der Waals surface area contributed by atoms with Gasteiger partial charge in [-0.05, 0) is 0 Å². The normalized spacial score (nSPS) is 12.9. The highest BCUT2D eigenvalue weighted by atomic mass is 79.9. The van der Waals surface area contributed by atoms with E-state index in [1.165, 1.54) is 0 Å². The summed E-state index contributed by atoms with van der Waals surface area (Å²) >= 11 is 0. The molecule has 0 saturated carbocycles. The van der Waals surface area contributed by atoms with Gasteiger partial charge in [0.1, 0.15) is 5.41 Å². The smallest absolute Gasteiger partial charge is 0.140 e. The van der Waals surface area contributed by atoms with Gasteiger partial charge in [-0.3, -0.25) is 0 Å². The maximum atomic E-state index is 10.0. The van der Waals surface area contributed by atoms with Crippen LogP contribution in [0.2, 0.25) is 0 Å². The number of nitrogens with zero attached hydrogens (tertiary/aromatic N) is 3. The molecule has 0 aliphatic carbocycles. The Labute approximate surface area is 164 Å². The van der Waals surface area contributed by atoms with Crippen molar-refractivity contribution in [3.05, 3.63) is 0 Å². The second-order valence-corrected chi connectivity index (χ2v) is 9.00. The first-order chi connectivity index (χ1) is 7.68. The average molecular weight is 502 g/mol. The van der Waals surface area contributed by atoms with Crippen molar-refractivity contribution in [3.63, 3.8) is 0 Å². The minimum atomic E-state index is -0.0330. The molecule has 0 aromatic carbocycles. The third kappa shape index (κ3) is 15.9. The van der Waals surface area contributed by atoms with Crippen LogP contribution >= 0.6 is 0 Å². The van der Waals surface area contributed by atoms with Crippen molar-refractivity contribution in [1.82, 2.24) is 0 Å². The molecule has 134 valence electrons. The number of aliphatic hydroxyl groups is 1. The zero-order valence-electron chi connectivity index (χ0n) is 15.3. The molecule has 0 unspecified atom stereocenters. The summed E-state index contributed by atoms with van der Waals surface area (Å²) in [6.45, 7) is 3.24. The number of aliphatic hydroxyl groups excluding tert-OH is 1. The second-order valence-electron chi connectivity index (χ2n) is 9.00. The monoisotopic (exact) mass is 499 g/mol. The largest absolute Gasteiger partial charge is 1.00 e. The number of hydrogen-bond donors (Lipinski definition) is 1. The van der Waals surface area contributed by atoms with Gasteiger partial charge in [0.15, 0.2) is 0 Å². The summed E-state index contributed by atoms with van der Waals surface area (Å²) in [6.07, 6.45) is 0. The summed E-state index contributed by atoms with van der Waals surface area (Å²) in [7, 11) is 19.8. The Hall–Kier alpha value is 1.28. The van der Waals surface area contributed by atoms with E-state index in [1.54, 1.807) is 0 Å². The molecule has 0 aliphatic heterocycles. The van der Waals surface area contributed by atoms with E-state index in [-0.39, 0.29) is 63.0 Å². The van der Waals surface area contributed by atoms with Crippen LogP contribution in [0, 0.1) is 5.41 Å². The topological polar surface area (TPSA) is 20.2 Å². The fourth-order valence-electron chi connectivity index (χ4n) is 3.32. The molecule has 0 atom stereocenters. The Kier molecular flexibility index (Phi) is 14.7. The van der Waals surface area contributed by atoms with E-state index in [9.17, 15) is 5.11 Å². The SMILES string of the molecule is C[N+](C)(C)CC(CO)(C[N+](C)(C)C)C[N+](C)(C)C.[Br-].[Br-].[Br-]. The number of rotatable bonds is 7. The van der Waals surface area contributed by atoms with Gasteiger partial charge >= 0.3 is 0 Å². The third-order valence-electron chi connectivity index (χ3n) is 2.76. The van der Waals surface area contributed by atoms with Crippen LogP contribution in [0.15, 0.2) is 0 Å². The third-order valence-corrected chi connectivity index (χ3v) is 2.76. The van der Waals surface area contributed by atoms with Gasteiger partial charge in [0.2, 0.25) is 0 Å². The quantitative estimate of drug-likeness (QED) is 0.344. The maximum Gasteiger partial charge on any atom is 0.140 e. The van der Waals surface area contributed by atoms with Gasteiger partial charge in [-0.1, -0.05) is 0 Å². The predicted octanol–water partition coefficient (Wildman–Crippen LogP) is -8.90. The van der Waals surface area contributed by atoms with Crippen molar-refractivity contribution >= 4 is 0 Å². The molecule has 0 aliphatic rings. The van der Waals surface area contributed by atoms with E-state index in [4.69, 9.17) is 0 Å². The van der Waals surface area contributed by atoms with Crippen LogP contribution < -0.4 is 50.9 Å². The minimum absolute atomic E-state index is 0. The van der Waals surface area contributed by atoms with Crippen LogP contribution in [0.3, 0.4) is 0 Å². The molecule has 0 radical (unpaired) electrons. The van der Waals surface area contributed by atoms with E-state index in [0.29, 0.717) is 0 Å². The highest BCUT2D eigenvalue weighted by molar-refractivity contribution is 4.78. The molecule has 0 rings (SSSR count). The molecular weight excluding hydrogens is 466 g/mol. The molecule has 0 heterocycles. The Morgan fingerprint density at radius 3 is 0.857 bits per heavy atom. The van der Waals surface area contributed by atoms with Crippen LogP contribution in [-0.4, -0.2) is 108 Å². The Morgan fingerprint density at radius 2 is 0.762 bits per heavy atom. The van der Waals surface area contributed by atoms with E-state index >= 15 is 0 Å². The highest BCUT2D eigenvalue weighted by Crippen LogP contribution is 2.25. The molecule has 0 saturated heterocycles. The van der Waals surface area contributed by atoms with Gasteiger partial charge in [-0.15, -0.1) is 0 Å². The van der Waals surface area contributed by atoms with Crippen LogP contribution in [0.1, 0.15) is 0 Å². The van der Waals surface area contributed by atoms with Crippen molar-refractivity contribution in [2.75, 3.05) is 89.7 Å². The summed E-state index contributed by atoms with van der Waals surface area (Å²) < 4.78 is 2.67. The van der Waals surface area contributed by atoms with Gasteiger partial charge in [0, 0.05) is 0 Å². The first kappa shape index (κ1) is 30.2. The first-order valence-electron chi connectivity index (χ1n) is 6.70. The lowest BCUT2D eigenvalue weighted by atomic mass is 9.85. The van der Waals surface area contributed by atoms with Crippen LogP contribution in [-0.2, 0) is 0 Å². The fraction of sp³-hybridized carbons (Fsp3) is 1.00. The summed E-state index contributed by atoms with van der Waals surface area (Å²) in [5.74, 6) is 0. The summed E-state index contributed by atoms with van der Waals surface area (Å²) in [5.41, 5.74) is -0.0330. The molecule has 0 bridgehead atoms.